The van der Waals surface area contributed by atoms with Crippen molar-refractivity contribution >= 4 is 12.2 Å². The first-order chi connectivity index (χ1) is 24.6. The van der Waals surface area contributed by atoms with E-state index in [0.29, 0.717) is 28.2 Å². The van der Waals surface area contributed by atoms with Gasteiger partial charge in [0, 0.05) is 29.3 Å². The van der Waals surface area contributed by atoms with Crippen molar-refractivity contribution in [2.24, 2.45) is 0 Å². The van der Waals surface area contributed by atoms with E-state index in [1.165, 1.54) is 24.3 Å². The summed E-state index contributed by atoms with van der Waals surface area (Å²) in [6.45, 7) is 0. The molecule has 0 saturated heterocycles. The number of ether oxygens (including phenoxy) is 2. The predicted molar refractivity (Wildman–Crippen MR) is 190 cm³/mol. The van der Waals surface area contributed by atoms with Crippen molar-refractivity contribution in [2.75, 3.05) is 0 Å². The molecule has 2 aliphatic rings. The zero-order valence-electron chi connectivity index (χ0n) is 26.9. The normalized spacial score (nSPS) is 19.0. The van der Waals surface area contributed by atoms with E-state index in [1.807, 2.05) is 24.3 Å². The van der Waals surface area contributed by atoms with E-state index in [0.717, 1.165) is 27.8 Å². The van der Waals surface area contributed by atoms with Crippen LogP contribution >= 0.6 is 0 Å². The zero-order valence-corrected chi connectivity index (χ0v) is 26.9. The number of hydrogen-bond acceptors (Lipinski definition) is 9. The SMILES string of the molecule is Oc1ccc([C@H]2Oc3cc(O)cc([C@@H]4c5cc(/C=C/c6cc(O)cc(O)c6)ccc5O[C@H]4c4ccc(O)cc4)c3[C@H]2c2cc(O)cc(O)c2)cc1. The van der Waals surface area contributed by atoms with Gasteiger partial charge in [0.2, 0.25) is 0 Å². The van der Waals surface area contributed by atoms with Gasteiger partial charge in [-0.1, -0.05) is 42.5 Å². The third kappa shape index (κ3) is 5.95. The molecule has 0 aromatic heterocycles. The Labute approximate surface area is 292 Å². The second kappa shape index (κ2) is 12.3. The molecule has 0 aliphatic carbocycles. The second-order valence-corrected chi connectivity index (χ2v) is 12.9. The lowest BCUT2D eigenvalue weighted by Crippen LogP contribution is -2.16. The van der Waals surface area contributed by atoms with Gasteiger partial charge in [-0.05, 0) is 100 Å². The number of benzene rings is 6. The van der Waals surface area contributed by atoms with E-state index >= 15 is 0 Å². The maximum atomic E-state index is 11.2. The van der Waals surface area contributed by atoms with Crippen LogP contribution in [-0.2, 0) is 0 Å². The summed E-state index contributed by atoms with van der Waals surface area (Å²) >= 11 is 0. The Morgan fingerprint density at radius 2 is 0.882 bits per heavy atom. The Morgan fingerprint density at radius 1 is 0.373 bits per heavy atom. The Balaban J connectivity index is 1.32. The molecule has 2 aliphatic heterocycles. The van der Waals surface area contributed by atoms with Crippen LogP contribution in [0.4, 0.5) is 0 Å². The summed E-state index contributed by atoms with van der Waals surface area (Å²) in [5.74, 6) is -0.301. The summed E-state index contributed by atoms with van der Waals surface area (Å²) in [7, 11) is 0. The molecule has 0 amide bonds. The summed E-state index contributed by atoms with van der Waals surface area (Å²) in [5.41, 5.74) is 5.70. The van der Waals surface area contributed by atoms with Gasteiger partial charge < -0.3 is 45.2 Å². The van der Waals surface area contributed by atoms with Crippen LogP contribution < -0.4 is 9.47 Å². The smallest absolute Gasteiger partial charge is 0.135 e. The van der Waals surface area contributed by atoms with Crippen molar-refractivity contribution in [1.29, 1.82) is 0 Å². The van der Waals surface area contributed by atoms with Crippen LogP contribution in [0.3, 0.4) is 0 Å². The van der Waals surface area contributed by atoms with Gasteiger partial charge in [0.1, 0.15) is 64.0 Å². The molecule has 51 heavy (non-hydrogen) atoms. The summed E-state index contributed by atoms with van der Waals surface area (Å²) in [4.78, 5) is 0. The molecule has 0 spiro atoms. The molecule has 0 bridgehead atoms. The van der Waals surface area contributed by atoms with Crippen molar-refractivity contribution in [2.45, 2.75) is 24.0 Å². The Bertz CT molecular complexity index is 2270. The summed E-state index contributed by atoms with van der Waals surface area (Å²) in [6, 6.07) is 31.1. The van der Waals surface area contributed by atoms with Crippen LogP contribution in [0, 0.1) is 0 Å². The van der Waals surface area contributed by atoms with Crippen LogP contribution in [-0.4, -0.2) is 35.7 Å². The molecule has 7 N–H and O–H groups in total. The first kappa shape index (κ1) is 31.5. The van der Waals surface area contributed by atoms with Crippen molar-refractivity contribution in [3.8, 4) is 51.7 Å². The highest BCUT2D eigenvalue weighted by molar-refractivity contribution is 5.73. The highest BCUT2D eigenvalue weighted by Crippen LogP contribution is 2.59. The van der Waals surface area contributed by atoms with Crippen LogP contribution in [0.1, 0.15) is 68.6 Å². The van der Waals surface area contributed by atoms with Gasteiger partial charge >= 0.3 is 0 Å². The third-order valence-electron chi connectivity index (χ3n) is 9.41. The zero-order chi connectivity index (χ0) is 35.4. The fraction of sp³-hybridized carbons (Fsp3) is 0.0952. The van der Waals surface area contributed by atoms with E-state index in [-0.39, 0.29) is 40.2 Å². The molecule has 6 aromatic carbocycles. The number of hydrogen-bond donors (Lipinski definition) is 7. The maximum Gasteiger partial charge on any atom is 0.135 e. The van der Waals surface area contributed by atoms with E-state index in [1.54, 1.807) is 78.9 Å². The molecule has 0 fully saturated rings. The van der Waals surface area contributed by atoms with Gasteiger partial charge in [0.25, 0.3) is 0 Å². The second-order valence-electron chi connectivity index (χ2n) is 12.9. The molecular formula is C42H32O9. The average molecular weight is 681 g/mol. The molecule has 6 aromatic rings. The van der Waals surface area contributed by atoms with E-state index in [2.05, 4.69) is 0 Å². The molecule has 2 heterocycles. The van der Waals surface area contributed by atoms with Crippen LogP contribution in [0.25, 0.3) is 12.2 Å². The molecule has 0 saturated carbocycles. The number of aromatic hydroxyl groups is 7. The van der Waals surface area contributed by atoms with E-state index < -0.39 is 24.0 Å². The molecular weight excluding hydrogens is 648 g/mol. The largest absolute Gasteiger partial charge is 0.508 e. The highest BCUT2D eigenvalue weighted by atomic mass is 16.5. The standard InChI is InChI=1S/C42H32O9/c43-27-8-4-24(5-9-27)41-38(26-16-31(47)19-32(48)17-26)40-35(20-33(49)21-37(40)51-41)39-34-15-22(1-2-23-13-29(45)18-30(46)14-23)3-12-36(34)50-42(39)25-6-10-28(44)11-7-25/h1-21,38-39,41-49H/b2-1+/t38-,39+,41-,42+/m1/s1. The third-order valence-corrected chi connectivity index (χ3v) is 9.41. The van der Waals surface area contributed by atoms with Crippen LogP contribution in [0.2, 0.25) is 0 Å². The molecule has 0 unspecified atom stereocenters. The number of rotatable bonds is 6. The molecule has 9 nitrogen and oxygen atoms in total. The van der Waals surface area contributed by atoms with Gasteiger partial charge in [-0.3, -0.25) is 0 Å². The lowest BCUT2D eigenvalue weighted by atomic mass is 9.76. The minimum atomic E-state index is -0.663. The average Bonchev–Trinajstić information content (AvgIpc) is 3.66. The van der Waals surface area contributed by atoms with Crippen molar-refractivity contribution in [1.82, 2.24) is 0 Å². The Kier molecular flexibility index (Phi) is 7.60. The lowest BCUT2D eigenvalue weighted by Gasteiger charge is -2.26. The fourth-order valence-corrected chi connectivity index (χ4v) is 7.29. The van der Waals surface area contributed by atoms with Gasteiger partial charge in [-0.15, -0.1) is 0 Å². The highest BCUT2D eigenvalue weighted by Gasteiger charge is 2.45. The molecule has 9 heteroatoms. The van der Waals surface area contributed by atoms with Crippen LogP contribution in [0.15, 0.2) is 115 Å². The Hall–Kier alpha value is -6.74. The number of phenols is 7. The molecule has 0 radical (unpaired) electrons. The van der Waals surface area contributed by atoms with Crippen molar-refractivity contribution < 1.29 is 45.2 Å². The molecule has 8 rings (SSSR count). The number of fused-ring (bicyclic) bond motifs is 2. The van der Waals surface area contributed by atoms with Gasteiger partial charge in [0.05, 0.1) is 11.8 Å². The van der Waals surface area contributed by atoms with Gasteiger partial charge in [-0.2, -0.15) is 0 Å². The quantitative estimate of drug-likeness (QED) is 0.0858. The molecule has 254 valence electrons. The lowest BCUT2D eigenvalue weighted by molar-refractivity contribution is 0.220. The first-order valence-electron chi connectivity index (χ1n) is 16.3. The summed E-state index contributed by atoms with van der Waals surface area (Å²) < 4.78 is 13.3. The summed E-state index contributed by atoms with van der Waals surface area (Å²) in [6.07, 6.45) is 2.37. The van der Waals surface area contributed by atoms with Crippen molar-refractivity contribution in [3.05, 3.63) is 160 Å². The minimum absolute atomic E-state index is 0.0368. The fourth-order valence-electron chi connectivity index (χ4n) is 7.29. The Morgan fingerprint density at radius 3 is 1.49 bits per heavy atom. The summed E-state index contributed by atoms with van der Waals surface area (Å²) in [5, 5.41) is 72.5. The monoisotopic (exact) mass is 680 g/mol. The van der Waals surface area contributed by atoms with Gasteiger partial charge in [-0.25, -0.2) is 0 Å². The van der Waals surface area contributed by atoms with Crippen molar-refractivity contribution in [3.63, 3.8) is 0 Å². The maximum absolute atomic E-state index is 11.2. The minimum Gasteiger partial charge on any atom is -0.508 e. The van der Waals surface area contributed by atoms with E-state index in [9.17, 15) is 35.7 Å². The first-order valence-corrected chi connectivity index (χ1v) is 16.3. The molecule has 4 atom stereocenters. The van der Waals surface area contributed by atoms with Crippen LogP contribution in [0.5, 0.6) is 51.7 Å². The number of phenolic OH excluding ortho intramolecular Hbond substituents is 7. The van der Waals surface area contributed by atoms with Gasteiger partial charge in [0.15, 0.2) is 0 Å². The predicted octanol–water partition coefficient (Wildman–Crippen LogP) is 8.33. The topological polar surface area (TPSA) is 160 Å². The van der Waals surface area contributed by atoms with E-state index in [4.69, 9.17) is 9.47 Å².